The van der Waals surface area contributed by atoms with Crippen LogP contribution in [0.25, 0.3) is 0 Å². The highest BCUT2D eigenvalue weighted by Gasteiger charge is 2.35. The van der Waals surface area contributed by atoms with Crippen LogP contribution >= 0.6 is 11.8 Å². The quantitative estimate of drug-likeness (QED) is 0.459. The van der Waals surface area contributed by atoms with E-state index in [2.05, 4.69) is 15.5 Å². The zero-order valence-electron chi connectivity index (χ0n) is 15.4. The predicted molar refractivity (Wildman–Crippen MR) is 101 cm³/mol. The van der Waals surface area contributed by atoms with E-state index in [9.17, 15) is 22.4 Å². The van der Waals surface area contributed by atoms with Crippen LogP contribution in [-0.4, -0.2) is 20.7 Å². The SMILES string of the molecule is C[C@H](Sc1nncn1C)c1cccc(NC(=O)c2cccc(C(F)(F)F)c2F)c1. The van der Waals surface area contributed by atoms with E-state index in [1.807, 2.05) is 20.0 Å². The van der Waals surface area contributed by atoms with Gasteiger partial charge < -0.3 is 9.88 Å². The van der Waals surface area contributed by atoms with Gasteiger partial charge in [-0.3, -0.25) is 4.79 Å². The van der Waals surface area contributed by atoms with E-state index in [1.54, 1.807) is 29.1 Å². The zero-order chi connectivity index (χ0) is 21.2. The average Bonchev–Trinajstić information content (AvgIpc) is 3.05. The van der Waals surface area contributed by atoms with Crippen molar-refractivity contribution in [2.24, 2.45) is 7.05 Å². The third-order valence-electron chi connectivity index (χ3n) is 4.11. The monoisotopic (exact) mass is 424 g/mol. The number of alkyl halides is 3. The molecule has 3 aromatic rings. The Balaban J connectivity index is 1.78. The molecule has 0 radical (unpaired) electrons. The molecule has 1 heterocycles. The van der Waals surface area contributed by atoms with Gasteiger partial charge in [-0.25, -0.2) is 4.39 Å². The maximum atomic E-state index is 14.2. The lowest BCUT2D eigenvalue weighted by molar-refractivity contribution is -0.140. The van der Waals surface area contributed by atoms with Crippen LogP contribution in [0.1, 0.15) is 33.7 Å². The second-order valence-corrected chi connectivity index (χ2v) is 7.54. The standard InChI is InChI=1S/C19H16F4N4OS/c1-11(29-18-26-24-10-27(18)2)12-5-3-6-13(9-12)25-17(28)14-7-4-8-15(16(14)20)19(21,22)23/h3-11H,1-2H3,(H,25,28)/t11-/m0/s1. The molecule has 1 N–H and O–H groups in total. The Kier molecular flexibility index (Phi) is 5.92. The van der Waals surface area contributed by atoms with Crippen LogP contribution in [0.15, 0.2) is 53.9 Å². The average molecular weight is 424 g/mol. The summed E-state index contributed by atoms with van der Waals surface area (Å²) in [4.78, 5) is 12.4. The van der Waals surface area contributed by atoms with Crippen LogP contribution in [0, 0.1) is 5.82 Å². The number of amides is 1. The summed E-state index contributed by atoms with van der Waals surface area (Å²) in [5.41, 5.74) is -0.964. The smallest absolute Gasteiger partial charge is 0.322 e. The Morgan fingerprint density at radius 2 is 1.93 bits per heavy atom. The third-order valence-corrected chi connectivity index (χ3v) is 5.32. The van der Waals surface area contributed by atoms with Crippen LogP contribution in [-0.2, 0) is 13.2 Å². The summed E-state index contributed by atoms with van der Waals surface area (Å²) in [6, 6.07) is 9.39. The second kappa shape index (κ2) is 8.24. The maximum absolute atomic E-state index is 14.2. The molecule has 1 atom stereocenters. The van der Waals surface area contributed by atoms with Gasteiger partial charge >= 0.3 is 6.18 Å². The van der Waals surface area contributed by atoms with Crippen molar-refractivity contribution in [3.8, 4) is 0 Å². The van der Waals surface area contributed by atoms with E-state index >= 15 is 0 Å². The lowest BCUT2D eigenvalue weighted by Crippen LogP contribution is -2.17. The molecule has 0 bridgehead atoms. The molecule has 5 nitrogen and oxygen atoms in total. The third kappa shape index (κ3) is 4.76. The number of carbonyl (C=O) groups is 1. The van der Waals surface area contributed by atoms with Gasteiger partial charge in [0.15, 0.2) is 5.16 Å². The normalized spacial score (nSPS) is 12.6. The first kappa shape index (κ1) is 20.8. The number of anilines is 1. The van der Waals surface area contributed by atoms with Crippen molar-refractivity contribution in [1.82, 2.24) is 14.8 Å². The number of hydrogen-bond donors (Lipinski definition) is 1. The number of halogens is 4. The van der Waals surface area contributed by atoms with Crippen LogP contribution in [0.3, 0.4) is 0 Å². The first-order chi connectivity index (χ1) is 13.7. The van der Waals surface area contributed by atoms with Gasteiger partial charge in [-0.15, -0.1) is 10.2 Å². The topological polar surface area (TPSA) is 59.8 Å². The highest BCUT2D eigenvalue weighted by molar-refractivity contribution is 7.99. The number of nitrogens with zero attached hydrogens (tertiary/aromatic N) is 3. The van der Waals surface area contributed by atoms with Gasteiger partial charge in [-0.05, 0) is 36.8 Å². The van der Waals surface area contributed by atoms with E-state index in [1.165, 1.54) is 11.8 Å². The molecule has 10 heteroatoms. The largest absolute Gasteiger partial charge is 0.419 e. The fourth-order valence-corrected chi connectivity index (χ4v) is 3.51. The van der Waals surface area contributed by atoms with Gasteiger partial charge in [0, 0.05) is 18.0 Å². The molecule has 0 saturated heterocycles. The fourth-order valence-electron chi connectivity index (χ4n) is 2.60. The number of aromatic nitrogens is 3. The summed E-state index contributed by atoms with van der Waals surface area (Å²) in [6.45, 7) is 1.94. The van der Waals surface area contributed by atoms with Gasteiger partial charge in [0.25, 0.3) is 5.91 Å². The Bertz CT molecular complexity index is 1040. The Morgan fingerprint density at radius 3 is 2.59 bits per heavy atom. The van der Waals surface area contributed by atoms with Crippen molar-refractivity contribution in [3.05, 3.63) is 71.3 Å². The molecular formula is C19H16F4N4OS. The van der Waals surface area contributed by atoms with Gasteiger partial charge in [0.1, 0.15) is 12.1 Å². The first-order valence-electron chi connectivity index (χ1n) is 8.44. The summed E-state index contributed by atoms with van der Waals surface area (Å²) in [5, 5.41) is 10.9. The highest BCUT2D eigenvalue weighted by atomic mass is 32.2. The minimum absolute atomic E-state index is 0.0416. The molecule has 0 aliphatic heterocycles. The van der Waals surface area contributed by atoms with Crippen LogP contribution < -0.4 is 5.32 Å². The second-order valence-electron chi connectivity index (χ2n) is 6.23. The van der Waals surface area contributed by atoms with E-state index in [0.717, 1.165) is 17.7 Å². The van der Waals surface area contributed by atoms with Crippen molar-refractivity contribution in [2.45, 2.75) is 23.5 Å². The Morgan fingerprint density at radius 1 is 1.21 bits per heavy atom. The number of aryl methyl sites for hydroxylation is 1. The van der Waals surface area contributed by atoms with E-state index in [0.29, 0.717) is 16.9 Å². The number of nitrogens with one attached hydrogen (secondary N) is 1. The van der Waals surface area contributed by atoms with Gasteiger partial charge in [0.05, 0.1) is 11.1 Å². The molecule has 1 amide bonds. The van der Waals surface area contributed by atoms with Gasteiger partial charge in [-0.1, -0.05) is 30.0 Å². The molecule has 0 unspecified atom stereocenters. The van der Waals surface area contributed by atoms with Gasteiger partial charge in [-0.2, -0.15) is 13.2 Å². The number of carbonyl (C=O) groups excluding carboxylic acids is 1. The van der Waals surface area contributed by atoms with Crippen molar-refractivity contribution in [2.75, 3.05) is 5.32 Å². The minimum atomic E-state index is -4.88. The van der Waals surface area contributed by atoms with Crippen LogP contribution in [0.5, 0.6) is 0 Å². The lowest BCUT2D eigenvalue weighted by atomic mass is 10.1. The van der Waals surface area contributed by atoms with Crippen molar-refractivity contribution in [1.29, 1.82) is 0 Å². The molecule has 0 fully saturated rings. The molecule has 0 saturated carbocycles. The van der Waals surface area contributed by atoms with Gasteiger partial charge in [0.2, 0.25) is 0 Å². The van der Waals surface area contributed by atoms with Crippen LogP contribution in [0.2, 0.25) is 0 Å². The molecule has 2 aromatic carbocycles. The summed E-state index contributed by atoms with van der Waals surface area (Å²) in [6.07, 6.45) is -3.30. The molecule has 152 valence electrons. The van der Waals surface area contributed by atoms with E-state index in [4.69, 9.17) is 0 Å². The minimum Gasteiger partial charge on any atom is -0.322 e. The summed E-state index contributed by atoms with van der Waals surface area (Å²) in [7, 11) is 1.81. The van der Waals surface area contributed by atoms with Crippen molar-refractivity contribution in [3.63, 3.8) is 0 Å². The summed E-state index contributed by atoms with van der Waals surface area (Å²) >= 11 is 1.45. The van der Waals surface area contributed by atoms with Crippen molar-refractivity contribution < 1.29 is 22.4 Å². The Hall–Kier alpha value is -2.88. The number of hydrogen-bond acceptors (Lipinski definition) is 4. The van der Waals surface area contributed by atoms with E-state index in [-0.39, 0.29) is 5.25 Å². The van der Waals surface area contributed by atoms with E-state index < -0.39 is 29.0 Å². The van der Waals surface area contributed by atoms with Crippen LogP contribution in [0.4, 0.5) is 23.2 Å². The predicted octanol–water partition coefficient (Wildman–Crippen LogP) is 5.08. The number of thioether (sulfide) groups is 1. The summed E-state index contributed by atoms with van der Waals surface area (Å²) in [5.74, 6) is -2.56. The highest BCUT2D eigenvalue weighted by Crippen LogP contribution is 2.35. The zero-order valence-corrected chi connectivity index (χ0v) is 16.2. The molecule has 1 aromatic heterocycles. The lowest BCUT2D eigenvalue weighted by Gasteiger charge is -2.14. The first-order valence-corrected chi connectivity index (χ1v) is 9.32. The molecule has 29 heavy (non-hydrogen) atoms. The summed E-state index contributed by atoms with van der Waals surface area (Å²) < 4.78 is 54.5. The maximum Gasteiger partial charge on any atom is 0.419 e. The number of benzene rings is 2. The molecular weight excluding hydrogens is 408 g/mol. The van der Waals surface area contributed by atoms with Crippen molar-refractivity contribution >= 4 is 23.4 Å². The Labute approximate surface area is 168 Å². The fraction of sp³-hybridized carbons (Fsp3) is 0.211. The molecule has 3 rings (SSSR count). The molecule has 0 aliphatic rings. The molecule has 0 aliphatic carbocycles. The molecule has 0 spiro atoms. The number of rotatable bonds is 5.